The van der Waals surface area contributed by atoms with Gasteiger partial charge in [-0.3, -0.25) is 14.7 Å². The van der Waals surface area contributed by atoms with E-state index in [1.165, 1.54) is 0 Å². The van der Waals surface area contributed by atoms with Gasteiger partial charge < -0.3 is 9.26 Å². The second-order valence-electron chi connectivity index (χ2n) is 5.94. The SMILES string of the molecule is Cc1[nH]ncc1CN1CCOCC1c1noc(-c2cnn(C)c2)n1. The molecule has 1 atom stereocenters. The standard InChI is InChI=1S/C15H19N7O2/c1-10-11(5-16-19-10)8-22-3-4-23-9-13(22)14-18-15(24-20-14)12-6-17-21(2)7-12/h5-7,13H,3-4,8-9H2,1-2H3,(H,16,19). The lowest BCUT2D eigenvalue weighted by molar-refractivity contribution is -0.0167. The lowest BCUT2D eigenvalue weighted by Crippen LogP contribution is -2.39. The lowest BCUT2D eigenvalue weighted by Gasteiger charge is -2.33. The van der Waals surface area contributed by atoms with Crippen molar-refractivity contribution in [3.05, 3.63) is 35.7 Å². The molecule has 0 amide bonds. The highest BCUT2D eigenvalue weighted by molar-refractivity contribution is 5.49. The van der Waals surface area contributed by atoms with Crippen molar-refractivity contribution in [2.75, 3.05) is 19.8 Å². The number of nitrogens with one attached hydrogen (secondary N) is 1. The zero-order valence-corrected chi connectivity index (χ0v) is 13.6. The van der Waals surface area contributed by atoms with Gasteiger partial charge in [-0.1, -0.05) is 5.16 Å². The second kappa shape index (κ2) is 6.17. The van der Waals surface area contributed by atoms with Crippen LogP contribution in [0.3, 0.4) is 0 Å². The normalized spacial score (nSPS) is 19.0. The quantitative estimate of drug-likeness (QED) is 0.764. The number of rotatable bonds is 4. The number of aromatic nitrogens is 6. The van der Waals surface area contributed by atoms with Gasteiger partial charge in [-0.15, -0.1) is 0 Å². The molecule has 0 bridgehead atoms. The van der Waals surface area contributed by atoms with E-state index in [0.717, 1.165) is 29.9 Å². The number of ether oxygens (including phenoxy) is 1. The van der Waals surface area contributed by atoms with Gasteiger partial charge in [0.15, 0.2) is 5.82 Å². The van der Waals surface area contributed by atoms with Crippen molar-refractivity contribution >= 4 is 0 Å². The maximum Gasteiger partial charge on any atom is 0.261 e. The Labute approximate surface area is 138 Å². The lowest BCUT2D eigenvalue weighted by atomic mass is 10.1. The minimum absolute atomic E-state index is 0.0396. The number of nitrogens with zero attached hydrogens (tertiary/aromatic N) is 6. The van der Waals surface area contributed by atoms with Gasteiger partial charge in [0.2, 0.25) is 0 Å². The van der Waals surface area contributed by atoms with E-state index in [1.54, 1.807) is 10.9 Å². The third-order valence-corrected chi connectivity index (χ3v) is 4.24. The van der Waals surface area contributed by atoms with E-state index >= 15 is 0 Å². The molecule has 1 aliphatic rings. The molecule has 0 saturated carbocycles. The Balaban J connectivity index is 1.56. The summed E-state index contributed by atoms with van der Waals surface area (Å²) in [7, 11) is 1.85. The Kier molecular flexibility index (Phi) is 3.87. The van der Waals surface area contributed by atoms with Gasteiger partial charge in [0, 0.05) is 37.6 Å². The maximum atomic E-state index is 5.63. The highest BCUT2D eigenvalue weighted by Crippen LogP contribution is 2.26. The first-order valence-corrected chi connectivity index (χ1v) is 7.84. The van der Waals surface area contributed by atoms with Crippen LogP contribution in [0.2, 0.25) is 0 Å². The van der Waals surface area contributed by atoms with Crippen LogP contribution in [0.15, 0.2) is 23.1 Å². The summed E-state index contributed by atoms with van der Waals surface area (Å²) in [5, 5.41) is 15.4. The first-order chi connectivity index (χ1) is 11.7. The zero-order valence-electron chi connectivity index (χ0n) is 13.6. The van der Waals surface area contributed by atoms with E-state index in [-0.39, 0.29) is 6.04 Å². The summed E-state index contributed by atoms with van der Waals surface area (Å²) in [5.74, 6) is 1.11. The summed E-state index contributed by atoms with van der Waals surface area (Å²) >= 11 is 0. The number of aromatic amines is 1. The van der Waals surface area contributed by atoms with Crippen molar-refractivity contribution in [3.8, 4) is 11.5 Å². The van der Waals surface area contributed by atoms with E-state index in [9.17, 15) is 0 Å². The molecular weight excluding hydrogens is 310 g/mol. The van der Waals surface area contributed by atoms with E-state index in [2.05, 4.69) is 30.3 Å². The summed E-state index contributed by atoms with van der Waals surface area (Å²) in [6.07, 6.45) is 5.42. The monoisotopic (exact) mass is 329 g/mol. The summed E-state index contributed by atoms with van der Waals surface area (Å²) in [6.45, 7) is 4.84. The van der Waals surface area contributed by atoms with Gasteiger partial charge in [0.25, 0.3) is 5.89 Å². The van der Waals surface area contributed by atoms with Crippen LogP contribution in [0.5, 0.6) is 0 Å². The summed E-state index contributed by atoms with van der Waals surface area (Å²) in [4.78, 5) is 6.83. The molecule has 0 spiro atoms. The number of aryl methyl sites for hydroxylation is 2. The Morgan fingerprint density at radius 3 is 3.04 bits per heavy atom. The predicted molar refractivity (Wildman–Crippen MR) is 83.8 cm³/mol. The van der Waals surface area contributed by atoms with Crippen LogP contribution in [0.4, 0.5) is 0 Å². The van der Waals surface area contributed by atoms with Crippen molar-refractivity contribution < 1.29 is 9.26 Å². The molecule has 1 unspecified atom stereocenters. The molecule has 1 N–H and O–H groups in total. The van der Waals surface area contributed by atoms with Crippen LogP contribution in [0.1, 0.15) is 23.1 Å². The van der Waals surface area contributed by atoms with E-state index in [4.69, 9.17) is 9.26 Å². The van der Waals surface area contributed by atoms with Crippen molar-refractivity contribution in [2.24, 2.45) is 7.05 Å². The molecule has 4 heterocycles. The minimum atomic E-state index is -0.0396. The highest BCUT2D eigenvalue weighted by atomic mass is 16.5. The van der Waals surface area contributed by atoms with Crippen molar-refractivity contribution in [1.29, 1.82) is 0 Å². The topological polar surface area (TPSA) is 97.9 Å². The molecular formula is C15H19N7O2. The molecule has 4 rings (SSSR count). The smallest absolute Gasteiger partial charge is 0.261 e. The molecule has 3 aromatic rings. The zero-order chi connectivity index (χ0) is 16.5. The molecule has 0 aliphatic carbocycles. The molecule has 24 heavy (non-hydrogen) atoms. The largest absolute Gasteiger partial charge is 0.378 e. The van der Waals surface area contributed by atoms with Crippen molar-refractivity contribution in [3.63, 3.8) is 0 Å². The van der Waals surface area contributed by atoms with Gasteiger partial charge in [-0.2, -0.15) is 15.2 Å². The number of morpholine rings is 1. The molecule has 9 nitrogen and oxygen atoms in total. The Hall–Kier alpha value is -2.52. The minimum Gasteiger partial charge on any atom is -0.378 e. The van der Waals surface area contributed by atoms with Gasteiger partial charge in [-0.05, 0) is 6.92 Å². The fraction of sp³-hybridized carbons (Fsp3) is 0.467. The third-order valence-electron chi connectivity index (χ3n) is 4.24. The average Bonchev–Trinajstić information content (AvgIpc) is 3.30. The van der Waals surface area contributed by atoms with Gasteiger partial charge >= 0.3 is 0 Å². The van der Waals surface area contributed by atoms with Gasteiger partial charge in [0.1, 0.15) is 0 Å². The molecule has 1 saturated heterocycles. The number of hydrogen-bond donors (Lipinski definition) is 1. The first kappa shape index (κ1) is 15.0. The van der Waals surface area contributed by atoms with Gasteiger partial charge in [0.05, 0.1) is 37.2 Å². The van der Waals surface area contributed by atoms with Crippen LogP contribution in [-0.4, -0.2) is 54.8 Å². The molecule has 0 radical (unpaired) electrons. The van der Waals surface area contributed by atoms with Crippen LogP contribution in [0, 0.1) is 6.92 Å². The number of H-pyrrole nitrogens is 1. The Morgan fingerprint density at radius 1 is 1.38 bits per heavy atom. The maximum absolute atomic E-state index is 5.63. The predicted octanol–water partition coefficient (Wildman–Crippen LogP) is 1.08. The highest BCUT2D eigenvalue weighted by Gasteiger charge is 2.29. The Bertz CT molecular complexity index is 821. The van der Waals surface area contributed by atoms with Crippen molar-refractivity contribution in [2.45, 2.75) is 19.5 Å². The van der Waals surface area contributed by atoms with E-state index in [0.29, 0.717) is 24.9 Å². The van der Waals surface area contributed by atoms with Crippen LogP contribution >= 0.6 is 0 Å². The summed E-state index contributed by atoms with van der Waals surface area (Å²) in [6, 6.07) is -0.0396. The second-order valence-corrected chi connectivity index (χ2v) is 5.94. The summed E-state index contributed by atoms with van der Waals surface area (Å²) < 4.78 is 12.7. The molecule has 1 aliphatic heterocycles. The molecule has 1 fully saturated rings. The summed E-state index contributed by atoms with van der Waals surface area (Å²) in [5.41, 5.74) is 3.05. The fourth-order valence-corrected chi connectivity index (χ4v) is 2.84. The average molecular weight is 329 g/mol. The first-order valence-electron chi connectivity index (χ1n) is 7.84. The number of hydrogen-bond acceptors (Lipinski definition) is 7. The molecule has 126 valence electrons. The third kappa shape index (κ3) is 2.83. The Morgan fingerprint density at radius 2 is 2.29 bits per heavy atom. The van der Waals surface area contributed by atoms with E-state index < -0.39 is 0 Å². The fourth-order valence-electron chi connectivity index (χ4n) is 2.84. The van der Waals surface area contributed by atoms with Crippen LogP contribution in [-0.2, 0) is 18.3 Å². The molecule has 3 aromatic heterocycles. The van der Waals surface area contributed by atoms with Crippen LogP contribution in [0.25, 0.3) is 11.5 Å². The van der Waals surface area contributed by atoms with Crippen LogP contribution < -0.4 is 0 Å². The molecule has 0 aromatic carbocycles. The van der Waals surface area contributed by atoms with E-state index in [1.807, 2.05) is 26.4 Å². The molecule has 9 heteroatoms. The van der Waals surface area contributed by atoms with Gasteiger partial charge in [-0.25, -0.2) is 0 Å². The van der Waals surface area contributed by atoms with Crippen molar-refractivity contribution in [1.82, 2.24) is 35.0 Å².